The van der Waals surface area contributed by atoms with Crippen LogP contribution in [0, 0.1) is 11.3 Å². The Bertz CT molecular complexity index is 548. The van der Waals surface area contributed by atoms with Gasteiger partial charge in [-0.3, -0.25) is 0 Å². The standard InChI is InChI=1S/C12H9BrN4/c13-12-5-10(2-1-9(12)6-14)16-7-11-3-4-15-8-17-11/h1-5,8,16H,7H2. The van der Waals surface area contributed by atoms with Gasteiger partial charge in [0.15, 0.2) is 0 Å². The van der Waals surface area contributed by atoms with Crippen LogP contribution in [0.5, 0.6) is 0 Å². The fourth-order valence-electron chi connectivity index (χ4n) is 1.33. The lowest BCUT2D eigenvalue weighted by Gasteiger charge is -2.06. The Morgan fingerprint density at radius 2 is 2.24 bits per heavy atom. The van der Waals surface area contributed by atoms with Crippen molar-refractivity contribution >= 4 is 21.6 Å². The van der Waals surface area contributed by atoms with E-state index < -0.39 is 0 Å². The van der Waals surface area contributed by atoms with E-state index in [4.69, 9.17) is 5.26 Å². The van der Waals surface area contributed by atoms with Crippen LogP contribution in [0.1, 0.15) is 11.3 Å². The predicted octanol–water partition coefficient (Wildman–Crippen LogP) is 2.72. The lowest BCUT2D eigenvalue weighted by atomic mass is 10.2. The average Bonchev–Trinajstić information content (AvgIpc) is 2.38. The molecule has 0 spiro atoms. The van der Waals surface area contributed by atoms with Crippen molar-refractivity contribution in [2.75, 3.05) is 5.32 Å². The highest BCUT2D eigenvalue weighted by molar-refractivity contribution is 9.10. The molecule has 1 heterocycles. The third kappa shape index (κ3) is 3.02. The minimum atomic E-state index is 0.623. The first-order chi connectivity index (χ1) is 8.29. The van der Waals surface area contributed by atoms with Crippen LogP contribution in [0.3, 0.4) is 0 Å². The summed E-state index contributed by atoms with van der Waals surface area (Å²) >= 11 is 3.35. The minimum Gasteiger partial charge on any atom is -0.379 e. The molecule has 1 N–H and O–H groups in total. The van der Waals surface area contributed by atoms with E-state index in [1.807, 2.05) is 18.2 Å². The van der Waals surface area contributed by atoms with E-state index in [1.54, 1.807) is 12.3 Å². The zero-order valence-corrected chi connectivity index (χ0v) is 10.5. The molecule has 1 aromatic heterocycles. The van der Waals surface area contributed by atoms with Crippen LogP contribution in [-0.2, 0) is 6.54 Å². The van der Waals surface area contributed by atoms with Crippen molar-refractivity contribution in [3.8, 4) is 6.07 Å². The predicted molar refractivity (Wildman–Crippen MR) is 68.2 cm³/mol. The van der Waals surface area contributed by atoms with Gasteiger partial charge in [0.1, 0.15) is 12.4 Å². The number of aromatic nitrogens is 2. The summed E-state index contributed by atoms with van der Waals surface area (Å²) in [6.07, 6.45) is 3.23. The molecule has 1 aromatic carbocycles. The Morgan fingerprint density at radius 1 is 1.35 bits per heavy atom. The summed E-state index contributed by atoms with van der Waals surface area (Å²) in [5, 5.41) is 12.0. The summed E-state index contributed by atoms with van der Waals surface area (Å²) in [7, 11) is 0. The van der Waals surface area contributed by atoms with Crippen LogP contribution < -0.4 is 5.32 Å². The third-order valence-electron chi connectivity index (χ3n) is 2.21. The van der Waals surface area contributed by atoms with Gasteiger partial charge in [0.25, 0.3) is 0 Å². The smallest absolute Gasteiger partial charge is 0.115 e. The molecule has 84 valence electrons. The fraction of sp³-hybridized carbons (Fsp3) is 0.0833. The number of nitriles is 1. The highest BCUT2D eigenvalue weighted by Gasteiger charge is 2.00. The van der Waals surface area contributed by atoms with Gasteiger partial charge in [0, 0.05) is 16.4 Å². The van der Waals surface area contributed by atoms with Crippen molar-refractivity contribution < 1.29 is 0 Å². The summed E-state index contributed by atoms with van der Waals surface area (Å²) in [4.78, 5) is 7.97. The van der Waals surface area contributed by atoms with E-state index in [1.165, 1.54) is 6.33 Å². The monoisotopic (exact) mass is 288 g/mol. The number of rotatable bonds is 3. The first-order valence-electron chi connectivity index (χ1n) is 4.98. The second-order valence-corrected chi connectivity index (χ2v) is 4.22. The molecule has 0 aliphatic carbocycles. The molecule has 0 atom stereocenters. The number of nitrogens with one attached hydrogen (secondary N) is 1. The van der Waals surface area contributed by atoms with Crippen molar-refractivity contribution in [2.45, 2.75) is 6.54 Å². The molecule has 0 fully saturated rings. The lowest BCUT2D eigenvalue weighted by Crippen LogP contribution is -2.01. The quantitative estimate of drug-likeness (QED) is 0.943. The summed E-state index contributed by atoms with van der Waals surface area (Å²) in [6, 6.07) is 9.46. The van der Waals surface area contributed by atoms with Crippen LogP contribution in [0.2, 0.25) is 0 Å². The average molecular weight is 289 g/mol. The highest BCUT2D eigenvalue weighted by atomic mass is 79.9. The zero-order chi connectivity index (χ0) is 12.1. The molecule has 0 saturated heterocycles. The number of halogens is 1. The van der Waals surface area contributed by atoms with Crippen LogP contribution >= 0.6 is 15.9 Å². The topological polar surface area (TPSA) is 61.6 Å². The molecule has 0 saturated carbocycles. The van der Waals surface area contributed by atoms with Crippen molar-refractivity contribution in [2.24, 2.45) is 0 Å². The van der Waals surface area contributed by atoms with Gasteiger partial charge in [0.05, 0.1) is 17.8 Å². The first-order valence-corrected chi connectivity index (χ1v) is 5.77. The summed E-state index contributed by atoms with van der Waals surface area (Å²) in [5.41, 5.74) is 2.48. The van der Waals surface area contributed by atoms with Crippen molar-refractivity contribution in [1.29, 1.82) is 5.26 Å². The van der Waals surface area contributed by atoms with Gasteiger partial charge in [0.2, 0.25) is 0 Å². The maximum atomic E-state index is 8.80. The van der Waals surface area contributed by atoms with Crippen LogP contribution in [0.25, 0.3) is 0 Å². The molecular formula is C12H9BrN4. The van der Waals surface area contributed by atoms with Gasteiger partial charge in [-0.2, -0.15) is 5.26 Å². The van der Waals surface area contributed by atoms with Gasteiger partial charge in [-0.25, -0.2) is 9.97 Å². The van der Waals surface area contributed by atoms with Crippen molar-refractivity contribution in [3.05, 3.63) is 52.5 Å². The number of hydrogen-bond acceptors (Lipinski definition) is 4. The lowest BCUT2D eigenvalue weighted by molar-refractivity contribution is 1.01. The molecule has 4 nitrogen and oxygen atoms in total. The molecule has 5 heteroatoms. The number of hydrogen-bond donors (Lipinski definition) is 1. The zero-order valence-electron chi connectivity index (χ0n) is 8.89. The van der Waals surface area contributed by atoms with Crippen LogP contribution in [-0.4, -0.2) is 9.97 Å². The summed E-state index contributed by atoms with van der Waals surface area (Å²) < 4.78 is 0.785. The SMILES string of the molecule is N#Cc1ccc(NCc2ccncn2)cc1Br. The molecule has 0 radical (unpaired) electrons. The molecule has 2 rings (SSSR count). The minimum absolute atomic E-state index is 0.623. The fourth-order valence-corrected chi connectivity index (χ4v) is 1.80. The number of nitrogens with zero attached hydrogens (tertiary/aromatic N) is 3. The maximum Gasteiger partial charge on any atom is 0.115 e. The van der Waals surface area contributed by atoms with Crippen LogP contribution in [0.4, 0.5) is 5.69 Å². The van der Waals surface area contributed by atoms with Gasteiger partial charge < -0.3 is 5.32 Å². The van der Waals surface area contributed by atoms with Gasteiger partial charge in [-0.1, -0.05) is 0 Å². The van der Waals surface area contributed by atoms with Crippen molar-refractivity contribution in [1.82, 2.24) is 9.97 Å². The van der Waals surface area contributed by atoms with E-state index in [0.717, 1.165) is 15.9 Å². The Morgan fingerprint density at radius 3 is 2.88 bits per heavy atom. The van der Waals surface area contributed by atoms with E-state index in [-0.39, 0.29) is 0 Å². The van der Waals surface area contributed by atoms with Gasteiger partial charge in [-0.05, 0) is 40.2 Å². The number of benzene rings is 1. The summed E-state index contributed by atoms with van der Waals surface area (Å²) in [5.74, 6) is 0. The Labute approximate surface area is 107 Å². The first kappa shape index (κ1) is 11.6. The van der Waals surface area contributed by atoms with Gasteiger partial charge in [-0.15, -0.1) is 0 Å². The Balaban J connectivity index is 2.06. The Kier molecular flexibility index (Phi) is 3.68. The molecular weight excluding hydrogens is 280 g/mol. The molecule has 0 aliphatic rings. The number of anilines is 1. The van der Waals surface area contributed by atoms with E-state index in [2.05, 4.69) is 37.3 Å². The Hall–Kier alpha value is -1.93. The maximum absolute atomic E-state index is 8.80. The molecule has 0 aliphatic heterocycles. The molecule has 17 heavy (non-hydrogen) atoms. The van der Waals surface area contributed by atoms with Gasteiger partial charge >= 0.3 is 0 Å². The second kappa shape index (κ2) is 5.41. The molecule has 0 bridgehead atoms. The van der Waals surface area contributed by atoms with E-state index in [9.17, 15) is 0 Å². The van der Waals surface area contributed by atoms with Crippen molar-refractivity contribution in [3.63, 3.8) is 0 Å². The largest absolute Gasteiger partial charge is 0.379 e. The highest BCUT2D eigenvalue weighted by Crippen LogP contribution is 2.21. The normalized spacial score (nSPS) is 9.65. The summed E-state index contributed by atoms with van der Waals surface area (Å²) in [6.45, 7) is 0.626. The second-order valence-electron chi connectivity index (χ2n) is 3.36. The molecule has 0 amide bonds. The third-order valence-corrected chi connectivity index (χ3v) is 2.86. The van der Waals surface area contributed by atoms with E-state index >= 15 is 0 Å². The molecule has 2 aromatic rings. The molecule has 0 unspecified atom stereocenters. The van der Waals surface area contributed by atoms with E-state index in [0.29, 0.717) is 12.1 Å². The van der Waals surface area contributed by atoms with Crippen LogP contribution in [0.15, 0.2) is 41.3 Å².